The molecule has 0 unspecified atom stereocenters. The number of carbonyl (C=O) groups is 1. The highest BCUT2D eigenvalue weighted by atomic mass is 35.5. The van der Waals surface area contributed by atoms with E-state index in [0.29, 0.717) is 10.7 Å². The van der Waals surface area contributed by atoms with Crippen molar-refractivity contribution in [3.63, 3.8) is 0 Å². The van der Waals surface area contributed by atoms with Crippen LogP contribution in [0.15, 0.2) is 46.3 Å². The molecule has 3 nitrogen and oxygen atoms in total. The SMILES string of the molecule is O=C(O)Cc1ccc(Sc2cccc(Cl)c2)[nH]1. The predicted octanol–water partition coefficient (Wildman–Crippen LogP) is 3.45. The summed E-state index contributed by atoms with van der Waals surface area (Å²) in [7, 11) is 0. The van der Waals surface area contributed by atoms with E-state index in [1.165, 1.54) is 11.8 Å². The second-order valence-electron chi connectivity index (χ2n) is 3.48. The van der Waals surface area contributed by atoms with Gasteiger partial charge in [0.1, 0.15) is 0 Å². The predicted molar refractivity (Wildman–Crippen MR) is 67.7 cm³/mol. The first-order valence-corrected chi connectivity index (χ1v) is 6.16. The molecule has 0 fully saturated rings. The number of H-pyrrole nitrogens is 1. The summed E-state index contributed by atoms with van der Waals surface area (Å²) < 4.78 is 0. The van der Waals surface area contributed by atoms with Gasteiger partial charge in [-0.1, -0.05) is 29.4 Å². The molecule has 1 aromatic carbocycles. The molecule has 0 radical (unpaired) electrons. The second-order valence-corrected chi connectivity index (χ2v) is 5.03. The Kier molecular flexibility index (Phi) is 3.76. The average Bonchev–Trinajstić information content (AvgIpc) is 2.64. The van der Waals surface area contributed by atoms with Crippen molar-refractivity contribution >= 4 is 29.3 Å². The number of rotatable bonds is 4. The fourth-order valence-corrected chi connectivity index (χ4v) is 2.56. The zero-order valence-corrected chi connectivity index (χ0v) is 10.4. The summed E-state index contributed by atoms with van der Waals surface area (Å²) in [5.74, 6) is -0.842. The van der Waals surface area contributed by atoms with Crippen LogP contribution in [0.1, 0.15) is 5.69 Å². The number of aromatic amines is 1. The van der Waals surface area contributed by atoms with Gasteiger partial charge >= 0.3 is 5.97 Å². The molecule has 88 valence electrons. The molecule has 0 aliphatic heterocycles. The first kappa shape index (κ1) is 12.1. The summed E-state index contributed by atoms with van der Waals surface area (Å²) in [5.41, 5.74) is 0.696. The molecule has 17 heavy (non-hydrogen) atoms. The van der Waals surface area contributed by atoms with Crippen molar-refractivity contribution in [2.45, 2.75) is 16.3 Å². The van der Waals surface area contributed by atoms with Gasteiger partial charge in [-0.2, -0.15) is 0 Å². The largest absolute Gasteiger partial charge is 0.481 e. The highest BCUT2D eigenvalue weighted by molar-refractivity contribution is 7.99. The van der Waals surface area contributed by atoms with Crippen LogP contribution in [-0.2, 0) is 11.2 Å². The van der Waals surface area contributed by atoms with E-state index in [9.17, 15) is 4.79 Å². The number of carboxylic acid groups (broad SMARTS) is 1. The summed E-state index contributed by atoms with van der Waals surface area (Å²) in [6.45, 7) is 0. The highest BCUT2D eigenvalue weighted by Gasteiger charge is 2.05. The minimum atomic E-state index is -0.842. The van der Waals surface area contributed by atoms with Crippen molar-refractivity contribution < 1.29 is 9.90 Å². The van der Waals surface area contributed by atoms with E-state index in [1.807, 2.05) is 30.3 Å². The molecule has 0 saturated heterocycles. The van der Waals surface area contributed by atoms with Crippen LogP contribution in [0.4, 0.5) is 0 Å². The van der Waals surface area contributed by atoms with E-state index in [4.69, 9.17) is 16.7 Å². The van der Waals surface area contributed by atoms with Gasteiger partial charge in [0.2, 0.25) is 0 Å². The highest BCUT2D eigenvalue weighted by Crippen LogP contribution is 2.28. The Labute approximate surface area is 108 Å². The van der Waals surface area contributed by atoms with Crippen LogP contribution < -0.4 is 0 Å². The van der Waals surface area contributed by atoms with Crippen molar-refractivity contribution in [1.29, 1.82) is 0 Å². The fourth-order valence-electron chi connectivity index (χ4n) is 1.40. The van der Waals surface area contributed by atoms with Gasteiger partial charge in [0.05, 0.1) is 11.4 Å². The second kappa shape index (κ2) is 5.29. The Morgan fingerprint density at radius 1 is 1.35 bits per heavy atom. The fraction of sp³-hybridized carbons (Fsp3) is 0.0833. The Morgan fingerprint density at radius 2 is 2.18 bits per heavy atom. The lowest BCUT2D eigenvalue weighted by Gasteiger charge is -1.99. The summed E-state index contributed by atoms with van der Waals surface area (Å²) in [5, 5.41) is 10.3. The number of aliphatic carboxylic acids is 1. The van der Waals surface area contributed by atoms with E-state index >= 15 is 0 Å². The number of hydrogen-bond acceptors (Lipinski definition) is 2. The number of nitrogens with one attached hydrogen (secondary N) is 1. The zero-order valence-electron chi connectivity index (χ0n) is 8.81. The molecule has 0 aliphatic rings. The zero-order chi connectivity index (χ0) is 12.3. The van der Waals surface area contributed by atoms with Crippen LogP contribution in [0.2, 0.25) is 5.02 Å². The molecule has 2 rings (SSSR count). The maximum atomic E-state index is 10.5. The van der Waals surface area contributed by atoms with Crippen molar-refractivity contribution in [3.8, 4) is 0 Å². The molecule has 0 bridgehead atoms. The molecule has 2 N–H and O–H groups in total. The summed E-state index contributed by atoms with van der Waals surface area (Å²) in [4.78, 5) is 14.6. The quantitative estimate of drug-likeness (QED) is 0.892. The third kappa shape index (κ3) is 3.54. The van der Waals surface area contributed by atoms with Crippen LogP contribution in [0.5, 0.6) is 0 Å². The summed E-state index contributed by atoms with van der Waals surface area (Å²) in [6.07, 6.45) is 0.0100. The monoisotopic (exact) mass is 267 g/mol. The van der Waals surface area contributed by atoms with E-state index in [2.05, 4.69) is 4.98 Å². The van der Waals surface area contributed by atoms with Gasteiger partial charge in [-0.15, -0.1) is 0 Å². The number of benzene rings is 1. The van der Waals surface area contributed by atoms with E-state index < -0.39 is 5.97 Å². The van der Waals surface area contributed by atoms with E-state index in [-0.39, 0.29) is 6.42 Å². The molecule has 5 heteroatoms. The van der Waals surface area contributed by atoms with Crippen molar-refractivity contribution in [2.24, 2.45) is 0 Å². The molecular weight excluding hydrogens is 258 g/mol. The standard InChI is InChI=1S/C12H10ClNO2S/c13-8-2-1-3-10(6-8)17-11-5-4-9(14-11)7-12(15)16/h1-6,14H,7H2,(H,15,16). The molecule has 1 heterocycles. The average molecular weight is 268 g/mol. The summed E-state index contributed by atoms with van der Waals surface area (Å²) in [6, 6.07) is 11.2. The number of carboxylic acids is 1. The third-order valence-corrected chi connectivity index (χ3v) is 3.27. The van der Waals surface area contributed by atoms with E-state index in [1.54, 1.807) is 6.07 Å². The number of halogens is 1. The minimum Gasteiger partial charge on any atom is -0.481 e. The molecule has 1 aromatic heterocycles. The molecule has 0 atom stereocenters. The minimum absolute atomic E-state index is 0.0100. The summed E-state index contributed by atoms with van der Waals surface area (Å²) >= 11 is 7.40. The van der Waals surface area contributed by atoms with Crippen molar-refractivity contribution in [1.82, 2.24) is 4.98 Å². The van der Waals surface area contributed by atoms with E-state index in [0.717, 1.165) is 9.92 Å². The molecule has 0 aliphatic carbocycles. The normalized spacial score (nSPS) is 10.4. The lowest BCUT2D eigenvalue weighted by molar-refractivity contribution is -0.136. The van der Waals surface area contributed by atoms with Crippen molar-refractivity contribution in [2.75, 3.05) is 0 Å². The smallest absolute Gasteiger partial charge is 0.309 e. The number of hydrogen-bond donors (Lipinski definition) is 2. The third-order valence-electron chi connectivity index (χ3n) is 2.09. The van der Waals surface area contributed by atoms with Crippen LogP contribution in [0, 0.1) is 0 Å². The van der Waals surface area contributed by atoms with Crippen LogP contribution in [-0.4, -0.2) is 16.1 Å². The van der Waals surface area contributed by atoms with Gasteiger partial charge in [-0.3, -0.25) is 4.79 Å². The van der Waals surface area contributed by atoms with Gasteiger partial charge < -0.3 is 10.1 Å². The van der Waals surface area contributed by atoms with Gasteiger partial charge in [0.25, 0.3) is 0 Å². The van der Waals surface area contributed by atoms with Gasteiger partial charge in [-0.25, -0.2) is 0 Å². The number of aromatic nitrogens is 1. The molecule has 0 saturated carbocycles. The lowest BCUT2D eigenvalue weighted by atomic mass is 10.3. The van der Waals surface area contributed by atoms with Gasteiger partial charge in [0.15, 0.2) is 0 Å². The Morgan fingerprint density at radius 3 is 2.88 bits per heavy atom. The molecule has 2 aromatic rings. The van der Waals surface area contributed by atoms with Gasteiger partial charge in [0, 0.05) is 15.6 Å². The first-order chi connectivity index (χ1) is 8.13. The van der Waals surface area contributed by atoms with Crippen molar-refractivity contribution in [3.05, 3.63) is 47.1 Å². The Bertz CT molecular complexity index is 539. The van der Waals surface area contributed by atoms with Crippen LogP contribution >= 0.6 is 23.4 Å². The Balaban J connectivity index is 2.08. The van der Waals surface area contributed by atoms with Crippen LogP contribution in [0.3, 0.4) is 0 Å². The molecule has 0 amide bonds. The van der Waals surface area contributed by atoms with Crippen LogP contribution in [0.25, 0.3) is 0 Å². The van der Waals surface area contributed by atoms with Gasteiger partial charge in [-0.05, 0) is 30.3 Å². The topological polar surface area (TPSA) is 53.1 Å². The maximum absolute atomic E-state index is 10.5. The molecular formula is C12H10ClNO2S. The first-order valence-electron chi connectivity index (χ1n) is 4.96. The lowest BCUT2D eigenvalue weighted by Crippen LogP contribution is -1.99. The molecule has 0 spiro atoms. The maximum Gasteiger partial charge on any atom is 0.309 e. The Hall–Kier alpha value is -1.39.